The van der Waals surface area contributed by atoms with Gasteiger partial charge in [0, 0.05) is 19.5 Å². The molecular weight excluding hydrogens is 190 g/mol. The maximum atomic E-state index is 9.44. The zero-order valence-corrected chi connectivity index (χ0v) is 8.78. The van der Waals surface area contributed by atoms with E-state index < -0.39 is 5.60 Å². The van der Waals surface area contributed by atoms with Crippen LogP contribution in [-0.2, 0) is 11.2 Å². The molecule has 82 valence electrons. The molecule has 3 heteroatoms. The van der Waals surface area contributed by atoms with Crippen LogP contribution in [-0.4, -0.2) is 37.0 Å². The molecule has 3 nitrogen and oxygen atoms in total. The summed E-state index contributed by atoms with van der Waals surface area (Å²) in [7, 11) is 0. The fraction of sp³-hybridized carbons (Fsp3) is 0.500. The van der Waals surface area contributed by atoms with Crippen LogP contribution in [0.15, 0.2) is 30.3 Å². The third kappa shape index (κ3) is 2.56. The Balaban J connectivity index is 2.07. The van der Waals surface area contributed by atoms with Gasteiger partial charge in [0.25, 0.3) is 0 Å². The van der Waals surface area contributed by atoms with Crippen molar-refractivity contribution in [2.45, 2.75) is 12.0 Å². The summed E-state index contributed by atoms with van der Waals surface area (Å²) in [5, 5.41) is 12.7. The Labute approximate surface area is 90.1 Å². The first-order valence-electron chi connectivity index (χ1n) is 5.34. The molecule has 1 saturated heterocycles. The summed E-state index contributed by atoms with van der Waals surface area (Å²) < 4.78 is 5.71. The minimum atomic E-state index is -0.431. The average molecular weight is 207 g/mol. The van der Waals surface area contributed by atoms with E-state index in [-0.39, 0.29) is 6.61 Å². The minimum Gasteiger partial charge on any atom is -0.393 e. The van der Waals surface area contributed by atoms with Gasteiger partial charge in [-0.15, -0.1) is 0 Å². The Kier molecular flexibility index (Phi) is 3.36. The number of rotatable bonds is 3. The number of nitrogens with one attached hydrogen (secondary N) is 1. The molecule has 0 unspecified atom stereocenters. The van der Waals surface area contributed by atoms with Crippen LogP contribution in [0.4, 0.5) is 0 Å². The van der Waals surface area contributed by atoms with Crippen LogP contribution in [0.3, 0.4) is 0 Å². The van der Waals surface area contributed by atoms with E-state index in [2.05, 4.69) is 17.4 Å². The molecule has 1 aliphatic heterocycles. The molecule has 1 fully saturated rings. The topological polar surface area (TPSA) is 41.5 Å². The van der Waals surface area contributed by atoms with Crippen molar-refractivity contribution in [1.29, 1.82) is 0 Å². The highest BCUT2D eigenvalue weighted by Crippen LogP contribution is 2.19. The zero-order valence-electron chi connectivity index (χ0n) is 8.78. The van der Waals surface area contributed by atoms with E-state index in [0.717, 1.165) is 19.5 Å². The predicted octanol–water partition coefficient (Wildman–Crippen LogP) is 0.580. The van der Waals surface area contributed by atoms with E-state index in [1.165, 1.54) is 5.56 Å². The number of hydrogen-bond donors (Lipinski definition) is 2. The van der Waals surface area contributed by atoms with Crippen molar-refractivity contribution in [3.8, 4) is 0 Å². The summed E-state index contributed by atoms with van der Waals surface area (Å²) in [6.07, 6.45) is 0.761. The Morgan fingerprint density at radius 1 is 1.33 bits per heavy atom. The van der Waals surface area contributed by atoms with Crippen molar-refractivity contribution in [1.82, 2.24) is 5.32 Å². The lowest BCUT2D eigenvalue weighted by molar-refractivity contribution is -0.0954. The Morgan fingerprint density at radius 2 is 2.13 bits per heavy atom. The van der Waals surface area contributed by atoms with Crippen molar-refractivity contribution in [2.75, 3.05) is 26.3 Å². The van der Waals surface area contributed by atoms with Crippen molar-refractivity contribution >= 4 is 0 Å². The standard InChI is InChI=1S/C12H17NO2/c14-10-12(9-13-6-7-15-12)8-11-4-2-1-3-5-11/h1-5,13-14H,6-10H2/t12-/m0/s1. The Morgan fingerprint density at radius 3 is 2.73 bits per heavy atom. The van der Waals surface area contributed by atoms with Crippen LogP contribution < -0.4 is 5.32 Å². The molecule has 0 radical (unpaired) electrons. The summed E-state index contributed by atoms with van der Waals surface area (Å²) in [6, 6.07) is 10.1. The quantitative estimate of drug-likeness (QED) is 0.762. The van der Waals surface area contributed by atoms with Gasteiger partial charge in [-0.05, 0) is 5.56 Å². The average Bonchev–Trinajstić information content (AvgIpc) is 2.32. The van der Waals surface area contributed by atoms with E-state index in [1.807, 2.05) is 18.2 Å². The molecule has 1 atom stereocenters. The van der Waals surface area contributed by atoms with Gasteiger partial charge >= 0.3 is 0 Å². The number of hydrogen-bond acceptors (Lipinski definition) is 3. The molecule has 1 aromatic carbocycles. The van der Waals surface area contributed by atoms with Crippen LogP contribution in [0, 0.1) is 0 Å². The van der Waals surface area contributed by atoms with Crippen LogP contribution in [0.5, 0.6) is 0 Å². The molecule has 1 aliphatic rings. The largest absolute Gasteiger partial charge is 0.393 e. The molecule has 0 spiro atoms. The van der Waals surface area contributed by atoms with E-state index in [4.69, 9.17) is 4.74 Å². The van der Waals surface area contributed by atoms with Gasteiger partial charge in [-0.25, -0.2) is 0 Å². The smallest absolute Gasteiger partial charge is 0.108 e. The number of morpholine rings is 1. The molecular formula is C12H17NO2. The van der Waals surface area contributed by atoms with Crippen LogP contribution in [0.25, 0.3) is 0 Å². The summed E-state index contributed by atoms with van der Waals surface area (Å²) in [5.41, 5.74) is 0.773. The lowest BCUT2D eigenvalue weighted by Crippen LogP contribution is -2.53. The number of aliphatic hydroxyl groups is 1. The maximum Gasteiger partial charge on any atom is 0.108 e. The first kappa shape index (κ1) is 10.6. The van der Waals surface area contributed by atoms with Gasteiger partial charge in [0.1, 0.15) is 5.60 Å². The first-order valence-corrected chi connectivity index (χ1v) is 5.34. The molecule has 0 aromatic heterocycles. The van der Waals surface area contributed by atoms with Crippen LogP contribution >= 0.6 is 0 Å². The van der Waals surface area contributed by atoms with Crippen LogP contribution in [0.2, 0.25) is 0 Å². The summed E-state index contributed by atoms with van der Waals surface area (Å²) in [6.45, 7) is 2.33. The van der Waals surface area contributed by atoms with Crippen molar-refractivity contribution < 1.29 is 9.84 Å². The lowest BCUT2D eigenvalue weighted by atomic mass is 9.94. The third-order valence-corrected chi connectivity index (χ3v) is 2.79. The first-order chi connectivity index (χ1) is 7.35. The van der Waals surface area contributed by atoms with Gasteiger partial charge in [-0.3, -0.25) is 0 Å². The highest BCUT2D eigenvalue weighted by atomic mass is 16.5. The molecule has 2 rings (SSSR count). The third-order valence-electron chi connectivity index (χ3n) is 2.79. The summed E-state index contributed by atoms with van der Waals surface area (Å²) >= 11 is 0. The summed E-state index contributed by atoms with van der Waals surface area (Å²) in [5.74, 6) is 0. The van der Waals surface area contributed by atoms with E-state index in [1.54, 1.807) is 0 Å². The number of aliphatic hydroxyl groups excluding tert-OH is 1. The molecule has 1 heterocycles. The molecule has 0 bridgehead atoms. The van der Waals surface area contributed by atoms with E-state index in [9.17, 15) is 5.11 Å². The second kappa shape index (κ2) is 4.75. The van der Waals surface area contributed by atoms with E-state index >= 15 is 0 Å². The lowest BCUT2D eigenvalue weighted by Gasteiger charge is -2.36. The monoisotopic (exact) mass is 207 g/mol. The van der Waals surface area contributed by atoms with Gasteiger partial charge < -0.3 is 15.2 Å². The molecule has 0 saturated carbocycles. The van der Waals surface area contributed by atoms with Gasteiger partial charge in [0.15, 0.2) is 0 Å². The molecule has 0 aliphatic carbocycles. The van der Waals surface area contributed by atoms with Crippen molar-refractivity contribution in [2.24, 2.45) is 0 Å². The molecule has 0 amide bonds. The van der Waals surface area contributed by atoms with Crippen molar-refractivity contribution in [3.05, 3.63) is 35.9 Å². The molecule has 1 aromatic rings. The highest BCUT2D eigenvalue weighted by molar-refractivity contribution is 5.17. The Hall–Kier alpha value is -0.900. The zero-order chi connectivity index (χ0) is 10.6. The fourth-order valence-corrected chi connectivity index (χ4v) is 1.95. The highest BCUT2D eigenvalue weighted by Gasteiger charge is 2.32. The van der Waals surface area contributed by atoms with Crippen molar-refractivity contribution in [3.63, 3.8) is 0 Å². The van der Waals surface area contributed by atoms with Crippen LogP contribution in [0.1, 0.15) is 5.56 Å². The van der Waals surface area contributed by atoms with Gasteiger partial charge in [0.2, 0.25) is 0 Å². The molecule has 2 N–H and O–H groups in total. The molecule has 15 heavy (non-hydrogen) atoms. The fourth-order valence-electron chi connectivity index (χ4n) is 1.95. The predicted molar refractivity (Wildman–Crippen MR) is 58.8 cm³/mol. The number of ether oxygens (including phenoxy) is 1. The second-order valence-corrected chi connectivity index (χ2v) is 4.03. The Bertz CT molecular complexity index is 294. The normalized spacial score (nSPS) is 26.5. The second-order valence-electron chi connectivity index (χ2n) is 4.03. The maximum absolute atomic E-state index is 9.44. The van der Waals surface area contributed by atoms with Gasteiger partial charge in [0.05, 0.1) is 13.2 Å². The number of benzene rings is 1. The van der Waals surface area contributed by atoms with Gasteiger partial charge in [-0.1, -0.05) is 30.3 Å². The SMILES string of the molecule is OC[C@]1(Cc2ccccc2)CNCCO1. The van der Waals surface area contributed by atoms with Gasteiger partial charge in [-0.2, -0.15) is 0 Å². The van der Waals surface area contributed by atoms with E-state index in [0.29, 0.717) is 6.61 Å². The summed E-state index contributed by atoms with van der Waals surface area (Å²) in [4.78, 5) is 0. The minimum absolute atomic E-state index is 0.0644.